The molecule has 4 aromatic rings. The number of aliphatic hydroxyl groups is 8. The molecule has 0 amide bonds. The van der Waals surface area contributed by atoms with Crippen LogP contribution < -0.4 is 45.0 Å². The molecule has 0 aliphatic carbocycles. The third-order valence-electron chi connectivity index (χ3n) is 16.6. The molecule has 12 N–H and O–H groups in total. The summed E-state index contributed by atoms with van der Waals surface area (Å²) in [4.78, 5) is 104. The largest absolute Gasteiger partial charge is 0.388 e. The lowest BCUT2D eigenvalue weighted by atomic mass is 10.0. The predicted molar refractivity (Wildman–Crippen MR) is 387 cm³/mol. The number of nitrogens with zero attached hydrogens (tertiary/aromatic N) is 4. The van der Waals surface area contributed by atoms with Crippen molar-refractivity contribution in [2.75, 3.05) is 78.0 Å². The van der Waals surface area contributed by atoms with Gasteiger partial charge < -0.3 is 68.9 Å². The van der Waals surface area contributed by atoms with Crippen LogP contribution in [0.3, 0.4) is 0 Å². The van der Waals surface area contributed by atoms with Gasteiger partial charge in [0.1, 0.15) is 73.2 Å². The van der Waals surface area contributed by atoms with Gasteiger partial charge in [-0.2, -0.15) is 0 Å². The summed E-state index contributed by atoms with van der Waals surface area (Å²) < 4.78 is 28.2. The Labute approximate surface area is 558 Å². The van der Waals surface area contributed by atoms with Crippen molar-refractivity contribution in [2.24, 2.45) is 0 Å². The van der Waals surface area contributed by atoms with Crippen LogP contribution in [-0.4, -0.2) is 255 Å². The van der Waals surface area contributed by atoms with Crippen molar-refractivity contribution in [3.05, 3.63) is 150 Å². The summed E-state index contributed by atoms with van der Waals surface area (Å²) in [6, 6.07) is 0. The molecule has 0 aromatic carbocycles. The standard InChI is InChI=1S/C17H29N2O5P.C16H27N2O5P.C16H25N2O5P.C15H23N2O5P/c1-5-6-8-19-10-11(16(22)18-17(19)23)15-14(21)13(20)12(24-15)7-9-25(2,3)4;2*1-5-7-18-9-10(15(21)17-16(18)22)14-13(20)12(19)11(23-14)6-8-24(2,3)4;1-5-17-8-9(14(20)16-15(17)21)13-12(19)11(18)10(22-13)6-7-23(2,3)4/h10,12-15,20-21H,2,5-9H2,1,3-4H3,(H,18,22,23);9,11-14,19-20H,2,5-8H2,1,3-4H3,(H,17,21,22);5,9,11-14,19-20H,1-2,6-8H2,3-4H3,(H,17,21,22);5,8,10-13,18-19H,1-2,6-7H2,3-4H3,(H,16,20,21)/t12-,13-,14-,15+;2*11-,12-,13-,14+;10-,11-,12-,13+/m1111/s1. The second-order valence-corrected chi connectivity index (χ2v) is 45.0. The summed E-state index contributed by atoms with van der Waals surface area (Å²) in [5, 5.41) is 82.1. The van der Waals surface area contributed by atoms with E-state index in [0.29, 0.717) is 38.8 Å². The second kappa shape index (κ2) is 34.8. The minimum absolute atomic E-state index is 0.0854. The molecule has 0 unspecified atom stereocenters. The maximum atomic E-state index is 12.2. The van der Waals surface area contributed by atoms with E-state index >= 15 is 0 Å². The molecule has 16 atom stereocenters. The van der Waals surface area contributed by atoms with Crippen molar-refractivity contribution < 1.29 is 59.8 Å². The number of nitrogens with one attached hydrogen (secondary N) is 4. The van der Waals surface area contributed by atoms with E-state index in [9.17, 15) is 79.2 Å². The van der Waals surface area contributed by atoms with Gasteiger partial charge in [-0.15, -0.1) is 59.3 Å². The Hall–Kier alpha value is -5.08. The van der Waals surface area contributed by atoms with Gasteiger partial charge in [-0.05, 0) is 116 Å². The molecule has 8 rings (SSSR count). The molecule has 0 spiro atoms. The SMILES string of the molecule is C=CCn1cc([C@@H]2O[C@H](CCP(=C)(C)C)[C@@H](O)[C@H]2O)c(=O)[nH]c1=O.C=Cn1cc([C@@H]2O[C@H](CCP(=C)(C)C)[C@@H](O)[C@H]2O)c(=O)[nH]c1=O.C=P(C)(C)CC[C@H]1O[C@@H](c2cn(CCC)c(=O)[nH]c2=O)[C@H](O)[C@@H]1O.C=P(C)(C)CC[C@H]1O[C@@H](c2cn(CCCC)c(=O)[nH]c2=O)[C@H](O)[C@@H]1O. The van der Waals surface area contributed by atoms with E-state index in [4.69, 9.17) is 18.9 Å². The fourth-order valence-electron chi connectivity index (χ4n) is 11.1. The van der Waals surface area contributed by atoms with Gasteiger partial charge in [-0.3, -0.25) is 48.2 Å². The van der Waals surface area contributed by atoms with Crippen molar-refractivity contribution in [1.82, 2.24) is 38.2 Å². The van der Waals surface area contributed by atoms with E-state index in [1.165, 1.54) is 50.8 Å². The van der Waals surface area contributed by atoms with Crippen LogP contribution in [0.1, 0.15) is 105 Å². The third kappa shape index (κ3) is 22.5. The number of unbranched alkanes of at least 4 members (excludes halogenated alkanes) is 1. The number of hydrogen-bond donors (Lipinski definition) is 12. The first-order chi connectivity index (χ1) is 44.5. The number of allylic oxidation sites excluding steroid dienone is 1. The molecule has 4 fully saturated rings. The van der Waals surface area contributed by atoms with Gasteiger partial charge in [0.25, 0.3) is 22.2 Å². The first kappa shape index (κ1) is 81.6. The Bertz CT molecular complexity index is 4010. The number of aryl methyl sites for hydroxylation is 2. The molecule has 8 heterocycles. The third-order valence-corrected chi connectivity index (χ3v) is 22.5. The molecular weight excluding hydrogens is 1320 g/mol. The highest BCUT2D eigenvalue weighted by molar-refractivity contribution is 7.73. The van der Waals surface area contributed by atoms with Crippen LogP contribution in [0, 0.1) is 0 Å². The van der Waals surface area contributed by atoms with Crippen LogP contribution >= 0.6 is 27.5 Å². The first-order valence-corrected chi connectivity index (χ1v) is 44.1. The van der Waals surface area contributed by atoms with Crippen molar-refractivity contribution in [2.45, 2.75) is 176 Å². The van der Waals surface area contributed by atoms with Gasteiger partial charge in [-0.1, -0.05) is 32.9 Å². The van der Waals surface area contributed by atoms with Gasteiger partial charge in [0.05, 0.1) is 46.7 Å². The first-order valence-electron chi connectivity index (χ1n) is 31.9. The number of aliphatic hydroxyl groups excluding tert-OH is 8. The van der Waals surface area contributed by atoms with E-state index in [2.05, 4.69) is 112 Å². The molecule has 0 saturated carbocycles. The zero-order valence-corrected chi connectivity index (χ0v) is 60.5. The summed E-state index contributed by atoms with van der Waals surface area (Å²) in [6.07, 6.45) is 17.5. The predicted octanol–water partition coefficient (Wildman–Crippen LogP) is 0.687. The quantitative estimate of drug-likeness (QED) is 0.0339. The number of ether oxygens (including phenoxy) is 4. The smallest absolute Gasteiger partial charge is 0.332 e. The summed E-state index contributed by atoms with van der Waals surface area (Å²) in [5.41, 5.74) is -4.04. The minimum Gasteiger partial charge on any atom is -0.388 e. The summed E-state index contributed by atoms with van der Waals surface area (Å²) in [7, 11) is 0. The van der Waals surface area contributed by atoms with E-state index in [1.54, 1.807) is 0 Å². The monoisotopic (exact) mass is 1430 g/mol. The lowest BCUT2D eigenvalue weighted by molar-refractivity contribution is 0.00493. The zero-order chi connectivity index (χ0) is 72.3. The van der Waals surface area contributed by atoms with Gasteiger partial charge in [0, 0.05) is 50.6 Å². The molecule has 32 heteroatoms. The Morgan fingerprint density at radius 2 is 0.677 bits per heavy atom. The maximum Gasteiger partial charge on any atom is 0.332 e. The molecule has 4 aliphatic heterocycles. The summed E-state index contributed by atoms with van der Waals surface area (Å²) >= 11 is 0. The average molecular weight is 1430 g/mol. The van der Waals surface area contributed by atoms with Crippen LogP contribution in [-0.2, 0) is 38.6 Å². The Balaban J connectivity index is 0.000000232. The highest BCUT2D eigenvalue weighted by Crippen LogP contribution is 2.44. The molecule has 4 aromatic heterocycles. The van der Waals surface area contributed by atoms with Crippen molar-refractivity contribution in [3.63, 3.8) is 0 Å². The van der Waals surface area contributed by atoms with Crippen molar-refractivity contribution >= 4 is 58.9 Å². The molecule has 4 saturated heterocycles. The van der Waals surface area contributed by atoms with E-state index in [-0.39, 0.29) is 28.8 Å². The molecule has 4 aliphatic rings. The van der Waals surface area contributed by atoms with Crippen molar-refractivity contribution in [1.29, 1.82) is 0 Å². The van der Waals surface area contributed by atoms with Crippen LogP contribution in [0.2, 0.25) is 0 Å². The van der Waals surface area contributed by atoms with Crippen molar-refractivity contribution in [3.8, 4) is 0 Å². The Morgan fingerprint density at radius 1 is 0.406 bits per heavy atom. The van der Waals surface area contributed by atoms with Gasteiger partial charge in [-0.25, -0.2) is 19.2 Å². The molecule has 0 bridgehead atoms. The van der Waals surface area contributed by atoms with E-state index in [0.717, 1.165) is 48.5 Å². The number of rotatable bonds is 24. The maximum absolute atomic E-state index is 12.2. The normalized spacial score (nSPS) is 27.4. The lowest BCUT2D eigenvalue weighted by Gasteiger charge is -2.18. The summed E-state index contributed by atoms with van der Waals surface area (Å²) in [5.74, 6) is 0. The van der Waals surface area contributed by atoms with Crippen LogP contribution in [0.5, 0.6) is 0 Å². The fraction of sp³-hybridized carbons (Fsp3) is 0.625. The average Bonchev–Trinajstić information content (AvgIpc) is 1.62. The molecular formula is C64H104N8O20P4. The van der Waals surface area contributed by atoms with Crippen LogP contribution in [0.4, 0.5) is 0 Å². The molecule has 28 nitrogen and oxygen atoms in total. The highest BCUT2D eigenvalue weighted by atomic mass is 31.2. The van der Waals surface area contributed by atoms with Gasteiger partial charge >= 0.3 is 22.8 Å². The summed E-state index contributed by atoms with van der Waals surface area (Å²) in [6.45, 7) is 23.7. The Morgan fingerprint density at radius 3 is 0.948 bits per heavy atom. The number of hydrogen-bond acceptors (Lipinski definition) is 20. The number of H-pyrrole nitrogens is 4. The number of aromatic amines is 4. The Kier molecular flexibility index (Phi) is 29.6. The fourth-order valence-corrected chi connectivity index (χ4v) is 14.9. The van der Waals surface area contributed by atoms with Gasteiger partial charge in [0.15, 0.2) is 0 Å². The number of aromatic nitrogens is 8. The minimum atomic E-state index is -1.29. The van der Waals surface area contributed by atoms with E-state index in [1.807, 2.05) is 13.8 Å². The topological polar surface area (TPSA) is 418 Å². The molecule has 0 radical (unpaired) electrons. The van der Waals surface area contributed by atoms with Gasteiger partial charge in [0.2, 0.25) is 0 Å². The van der Waals surface area contributed by atoms with E-state index < -0.39 is 170 Å². The zero-order valence-electron chi connectivity index (χ0n) is 56.9. The second-order valence-electron chi connectivity index (χ2n) is 27.7. The van der Waals surface area contributed by atoms with Crippen LogP contribution in [0.15, 0.2) is 82.4 Å². The molecule has 540 valence electrons. The lowest BCUT2D eigenvalue weighted by Crippen LogP contribution is -2.35. The highest BCUT2D eigenvalue weighted by Gasteiger charge is 2.48. The molecule has 96 heavy (non-hydrogen) atoms. The van der Waals surface area contributed by atoms with Crippen LogP contribution in [0.25, 0.3) is 6.20 Å².